The largest absolute Gasteiger partial charge is 0.487 e. The first-order valence-corrected chi connectivity index (χ1v) is 9.68. The quantitative estimate of drug-likeness (QED) is 0.468. The zero-order valence-electron chi connectivity index (χ0n) is 15.4. The van der Waals surface area contributed by atoms with Gasteiger partial charge in [0.05, 0.1) is 22.9 Å². The predicted octanol–water partition coefficient (Wildman–Crippen LogP) is 3.96. The van der Waals surface area contributed by atoms with Crippen LogP contribution < -0.4 is 15.4 Å². The highest BCUT2D eigenvalue weighted by Crippen LogP contribution is 2.33. The SMILES string of the molecule is CCOCCOc1c(Cl)cccc1NC(=O)NCC1(O)CCCCCC1. The molecule has 1 fully saturated rings. The van der Waals surface area contributed by atoms with Gasteiger partial charge in [0.25, 0.3) is 0 Å². The van der Waals surface area contributed by atoms with Crippen molar-refractivity contribution < 1.29 is 19.4 Å². The third-order valence-corrected chi connectivity index (χ3v) is 4.80. The molecule has 0 aromatic heterocycles. The van der Waals surface area contributed by atoms with E-state index in [2.05, 4.69) is 10.6 Å². The molecule has 26 heavy (non-hydrogen) atoms. The number of aliphatic hydroxyl groups is 1. The highest BCUT2D eigenvalue weighted by Gasteiger charge is 2.28. The van der Waals surface area contributed by atoms with E-state index in [-0.39, 0.29) is 12.6 Å². The number of nitrogens with one attached hydrogen (secondary N) is 2. The topological polar surface area (TPSA) is 79.8 Å². The fourth-order valence-electron chi connectivity index (χ4n) is 3.08. The summed E-state index contributed by atoms with van der Waals surface area (Å²) in [4.78, 5) is 12.3. The Hall–Kier alpha value is -1.50. The minimum Gasteiger partial charge on any atom is -0.487 e. The molecule has 0 saturated heterocycles. The van der Waals surface area contributed by atoms with E-state index in [1.165, 1.54) is 0 Å². The van der Waals surface area contributed by atoms with Gasteiger partial charge in [-0.25, -0.2) is 4.79 Å². The molecule has 7 heteroatoms. The van der Waals surface area contributed by atoms with Crippen LogP contribution in [0.15, 0.2) is 18.2 Å². The van der Waals surface area contributed by atoms with Crippen LogP contribution in [-0.2, 0) is 4.74 Å². The molecule has 0 spiro atoms. The summed E-state index contributed by atoms with van der Waals surface area (Å²) in [5.41, 5.74) is -0.335. The average Bonchev–Trinajstić information content (AvgIpc) is 2.84. The standard InChI is InChI=1S/C19H29ClN2O4/c1-2-25-12-13-26-17-15(20)8-7-9-16(17)22-18(23)21-14-19(24)10-5-3-4-6-11-19/h7-9,24H,2-6,10-14H2,1H3,(H2,21,22,23). The number of para-hydroxylation sites is 1. The number of amides is 2. The molecule has 1 aromatic carbocycles. The predicted molar refractivity (Wildman–Crippen MR) is 103 cm³/mol. The Morgan fingerprint density at radius 1 is 1.23 bits per heavy atom. The van der Waals surface area contributed by atoms with Gasteiger partial charge in [-0.1, -0.05) is 43.4 Å². The summed E-state index contributed by atoms with van der Waals surface area (Å²) in [6.45, 7) is 3.55. The maximum Gasteiger partial charge on any atom is 0.319 e. The van der Waals surface area contributed by atoms with Crippen LogP contribution in [0.5, 0.6) is 5.75 Å². The van der Waals surface area contributed by atoms with Gasteiger partial charge < -0.3 is 25.2 Å². The highest BCUT2D eigenvalue weighted by molar-refractivity contribution is 6.32. The third kappa shape index (κ3) is 6.67. The lowest BCUT2D eigenvalue weighted by Gasteiger charge is -2.27. The maximum atomic E-state index is 12.3. The number of ether oxygens (including phenoxy) is 2. The van der Waals surface area contributed by atoms with Crippen LogP contribution in [0.3, 0.4) is 0 Å². The number of rotatable bonds is 8. The maximum absolute atomic E-state index is 12.3. The summed E-state index contributed by atoms with van der Waals surface area (Å²) >= 11 is 6.19. The van der Waals surface area contributed by atoms with E-state index in [9.17, 15) is 9.90 Å². The monoisotopic (exact) mass is 384 g/mol. The zero-order valence-corrected chi connectivity index (χ0v) is 16.1. The number of urea groups is 1. The van der Waals surface area contributed by atoms with E-state index in [1.54, 1.807) is 18.2 Å². The summed E-state index contributed by atoms with van der Waals surface area (Å²) in [6, 6.07) is 4.78. The van der Waals surface area contributed by atoms with Crippen molar-refractivity contribution >= 4 is 23.3 Å². The Bertz CT molecular complexity index is 575. The second kappa shape index (κ2) is 10.6. The minimum atomic E-state index is -0.820. The first kappa shape index (κ1) is 20.8. The molecule has 2 amide bonds. The van der Waals surface area contributed by atoms with Gasteiger partial charge in [0.1, 0.15) is 6.61 Å². The second-order valence-corrected chi connectivity index (χ2v) is 7.02. The van der Waals surface area contributed by atoms with Gasteiger partial charge in [0, 0.05) is 13.2 Å². The Labute approximate surface area is 160 Å². The molecule has 1 saturated carbocycles. The molecule has 0 aliphatic heterocycles. The van der Waals surface area contributed by atoms with Crippen LogP contribution in [0.4, 0.5) is 10.5 Å². The number of anilines is 1. The van der Waals surface area contributed by atoms with Gasteiger partial charge in [-0.05, 0) is 31.9 Å². The van der Waals surface area contributed by atoms with E-state index in [1.807, 2.05) is 6.92 Å². The molecule has 0 radical (unpaired) electrons. The molecule has 0 unspecified atom stereocenters. The van der Waals surface area contributed by atoms with E-state index < -0.39 is 5.60 Å². The van der Waals surface area contributed by atoms with Crippen LogP contribution in [-0.4, -0.2) is 43.1 Å². The van der Waals surface area contributed by atoms with Gasteiger partial charge in [0.15, 0.2) is 5.75 Å². The van der Waals surface area contributed by atoms with E-state index >= 15 is 0 Å². The van der Waals surface area contributed by atoms with Gasteiger partial charge in [0.2, 0.25) is 0 Å². The summed E-state index contributed by atoms with van der Waals surface area (Å²) in [5, 5.41) is 16.6. The van der Waals surface area contributed by atoms with Gasteiger partial charge in [-0.15, -0.1) is 0 Å². The van der Waals surface area contributed by atoms with Crippen LogP contribution in [0, 0.1) is 0 Å². The molecule has 3 N–H and O–H groups in total. The van der Waals surface area contributed by atoms with Gasteiger partial charge >= 0.3 is 6.03 Å². The van der Waals surface area contributed by atoms with Crippen molar-refractivity contribution in [3.05, 3.63) is 23.2 Å². The average molecular weight is 385 g/mol. The molecule has 6 nitrogen and oxygen atoms in total. The van der Waals surface area contributed by atoms with Crippen molar-refractivity contribution in [2.45, 2.75) is 51.0 Å². The smallest absolute Gasteiger partial charge is 0.319 e. The summed E-state index contributed by atoms with van der Waals surface area (Å²) in [6.07, 6.45) is 5.70. The molecule has 1 aliphatic carbocycles. The van der Waals surface area contributed by atoms with E-state index in [0.29, 0.717) is 36.3 Å². The van der Waals surface area contributed by atoms with Crippen LogP contribution in [0.1, 0.15) is 45.4 Å². The Morgan fingerprint density at radius 2 is 1.96 bits per heavy atom. The summed E-state index contributed by atoms with van der Waals surface area (Å²) in [5.74, 6) is 0.414. The molecule has 0 atom stereocenters. The third-order valence-electron chi connectivity index (χ3n) is 4.51. The van der Waals surface area contributed by atoms with Gasteiger partial charge in [-0.2, -0.15) is 0 Å². The molecule has 1 aromatic rings. The van der Waals surface area contributed by atoms with Crippen molar-refractivity contribution in [1.29, 1.82) is 0 Å². The number of hydrogen-bond donors (Lipinski definition) is 3. The number of carbonyl (C=O) groups is 1. The Kier molecular flexibility index (Phi) is 8.48. The summed E-state index contributed by atoms with van der Waals surface area (Å²) < 4.78 is 10.9. The fourth-order valence-corrected chi connectivity index (χ4v) is 3.30. The first-order chi connectivity index (χ1) is 12.5. The van der Waals surface area contributed by atoms with Crippen molar-refractivity contribution in [2.24, 2.45) is 0 Å². The van der Waals surface area contributed by atoms with Crippen LogP contribution >= 0.6 is 11.6 Å². The Morgan fingerprint density at radius 3 is 2.65 bits per heavy atom. The lowest BCUT2D eigenvalue weighted by Crippen LogP contribution is -2.44. The summed E-state index contributed by atoms with van der Waals surface area (Å²) in [7, 11) is 0. The Balaban J connectivity index is 1.90. The first-order valence-electron chi connectivity index (χ1n) is 9.30. The lowest BCUT2D eigenvalue weighted by molar-refractivity contribution is 0.0281. The van der Waals surface area contributed by atoms with Gasteiger partial charge in [-0.3, -0.25) is 0 Å². The number of carbonyl (C=O) groups excluding carboxylic acids is 1. The highest BCUT2D eigenvalue weighted by atomic mass is 35.5. The van der Waals surface area contributed by atoms with E-state index in [0.717, 1.165) is 38.5 Å². The number of hydrogen-bond acceptors (Lipinski definition) is 4. The zero-order chi connectivity index (χ0) is 18.8. The molecule has 1 aliphatic rings. The molecular weight excluding hydrogens is 356 g/mol. The van der Waals surface area contributed by atoms with Crippen LogP contribution in [0.25, 0.3) is 0 Å². The van der Waals surface area contributed by atoms with Crippen molar-refractivity contribution in [1.82, 2.24) is 5.32 Å². The van der Waals surface area contributed by atoms with Crippen LogP contribution in [0.2, 0.25) is 5.02 Å². The van der Waals surface area contributed by atoms with E-state index in [4.69, 9.17) is 21.1 Å². The van der Waals surface area contributed by atoms with Crippen molar-refractivity contribution in [3.63, 3.8) is 0 Å². The molecule has 2 rings (SSSR count). The molecule has 146 valence electrons. The lowest BCUT2D eigenvalue weighted by atomic mass is 9.95. The normalized spacial score (nSPS) is 16.6. The molecule has 0 bridgehead atoms. The molecule has 0 heterocycles. The van der Waals surface area contributed by atoms with Crippen molar-refractivity contribution in [3.8, 4) is 5.75 Å². The number of halogens is 1. The van der Waals surface area contributed by atoms with Crippen molar-refractivity contribution in [2.75, 3.05) is 31.7 Å². The second-order valence-electron chi connectivity index (χ2n) is 6.61. The minimum absolute atomic E-state index is 0.236. The number of benzene rings is 1. The molecular formula is C19H29ClN2O4. The fraction of sp³-hybridized carbons (Fsp3) is 0.632.